The Balaban J connectivity index is 1.61. The normalized spacial score (nSPS) is 14.6. The zero-order valence-corrected chi connectivity index (χ0v) is 13.4. The maximum atomic E-state index is 13.6. The van der Waals surface area contributed by atoms with Crippen LogP contribution in [0.15, 0.2) is 42.5 Å². The fourth-order valence-corrected chi connectivity index (χ4v) is 2.80. The predicted octanol–water partition coefficient (Wildman–Crippen LogP) is 3.63. The number of anilines is 2. The van der Waals surface area contributed by atoms with E-state index in [1.165, 1.54) is 11.6 Å². The fourth-order valence-electron chi connectivity index (χ4n) is 2.80. The number of rotatable bonds is 2. The SMILES string of the molecule is Cc1cccc(N2CCN(C(=O)Nc3c(F)cccc3F)CC2)c1. The van der Waals surface area contributed by atoms with Gasteiger partial charge in [-0.3, -0.25) is 0 Å². The number of urea groups is 1. The first-order valence-corrected chi connectivity index (χ1v) is 7.86. The number of piperazine rings is 1. The third-order valence-electron chi connectivity index (χ3n) is 4.13. The molecule has 0 radical (unpaired) electrons. The molecule has 0 aliphatic carbocycles. The maximum absolute atomic E-state index is 13.6. The van der Waals surface area contributed by atoms with Crippen LogP contribution in [0.3, 0.4) is 0 Å². The quantitative estimate of drug-likeness (QED) is 0.912. The zero-order chi connectivity index (χ0) is 17.1. The second-order valence-electron chi connectivity index (χ2n) is 5.84. The molecule has 1 aliphatic heterocycles. The molecule has 0 bridgehead atoms. The van der Waals surface area contributed by atoms with Crippen LogP contribution in [0.5, 0.6) is 0 Å². The average Bonchev–Trinajstić information content (AvgIpc) is 2.58. The van der Waals surface area contributed by atoms with E-state index in [1.54, 1.807) is 4.90 Å². The highest BCUT2D eigenvalue weighted by atomic mass is 19.1. The molecule has 2 amide bonds. The van der Waals surface area contributed by atoms with Crippen molar-refractivity contribution in [3.63, 3.8) is 0 Å². The summed E-state index contributed by atoms with van der Waals surface area (Å²) >= 11 is 0. The highest BCUT2D eigenvalue weighted by Crippen LogP contribution is 2.20. The Morgan fingerprint density at radius 2 is 1.62 bits per heavy atom. The van der Waals surface area contributed by atoms with Crippen LogP contribution in [0.1, 0.15) is 5.56 Å². The van der Waals surface area contributed by atoms with Crippen LogP contribution in [-0.2, 0) is 0 Å². The molecular formula is C18H19F2N3O. The third kappa shape index (κ3) is 3.48. The summed E-state index contributed by atoms with van der Waals surface area (Å²) < 4.78 is 27.2. The van der Waals surface area contributed by atoms with Crippen LogP contribution in [0.25, 0.3) is 0 Å². The number of benzene rings is 2. The summed E-state index contributed by atoms with van der Waals surface area (Å²) in [5, 5.41) is 2.33. The van der Waals surface area contributed by atoms with Gasteiger partial charge in [0.25, 0.3) is 0 Å². The molecular weight excluding hydrogens is 312 g/mol. The van der Waals surface area contributed by atoms with E-state index in [1.807, 2.05) is 25.1 Å². The van der Waals surface area contributed by atoms with Crippen molar-refractivity contribution < 1.29 is 13.6 Å². The molecule has 0 atom stereocenters. The summed E-state index contributed by atoms with van der Waals surface area (Å²) in [6, 6.07) is 11.2. The lowest BCUT2D eigenvalue weighted by Crippen LogP contribution is -2.50. The smallest absolute Gasteiger partial charge is 0.322 e. The van der Waals surface area contributed by atoms with Crippen molar-refractivity contribution in [1.29, 1.82) is 0 Å². The van der Waals surface area contributed by atoms with Gasteiger partial charge >= 0.3 is 6.03 Å². The molecule has 0 unspecified atom stereocenters. The summed E-state index contributed by atoms with van der Waals surface area (Å²) in [5.74, 6) is -1.55. The zero-order valence-electron chi connectivity index (χ0n) is 13.4. The van der Waals surface area contributed by atoms with E-state index >= 15 is 0 Å². The molecule has 1 heterocycles. The van der Waals surface area contributed by atoms with Gasteiger partial charge in [-0.05, 0) is 36.8 Å². The Morgan fingerprint density at radius 3 is 2.25 bits per heavy atom. The van der Waals surface area contributed by atoms with Crippen LogP contribution in [0, 0.1) is 18.6 Å². The first-order chi connectivity index (χ1) is 11.5. The highest BCUT2D eigenvalue weighted by molar-refractivity contribution is 5.89. The molecule has 1 N–H and O–H groups in total. The Hall–Kier alpha value is -2.63. The Bertz CT molecular complexity index is 723. The number of carbonyl (C=O) groups excluding carboxylic acids is 1. The van der Waals surface area contributed by atoms with Gasteiger partial charge in [-0.15, -0.1) is 0 Å². The van der Waals surface area contributed by atoms with Gasteiger partial charge in [0.2, 0.25) is 0 Å². The molecule has 1 aliphatic rings. The van der Waals surface area contributed by atoms with Crippen molar-refractivity contribution in [1.82, 2.24) is 4.90 Å². The minimum Gasteiger partial charge on any atom is -0.368 e. The van der Waals surface area contributed by atoms with E-state index in [4.69, 9.17) is 0 Å². The molecule has 0 spiro atoms. The van der Waals surface area contributed by atoms with Crippen molar-refractivity contribution >= 4 is 17.4 Å². The third-order valence-corrected chi connectivity index (χ3v) is 4.13. The molecule has 4 nitrogen and oxygen atoms in total. The molecule has 24 heavy (non-hydrogen) atoms. The predicted molar refractivity (Wildman–Crippen MR) is 90.3 cm³/mol. The number of nitrogens with zero attached hydrogens (tertiary/aromatic N) is 2. The Labute approximate surface area is 139 Å². The molecule has 0 saturated carbocycles. The van der Waals surface area contributed by atoms with Crippen LogP contribution in [0.4, 0.5) is 25.0 Å². The number of hydrogen-bond acceptors (Lipinski definition) is 2. The van der Waals surface area contributed by atoms with Gasteiger partial charge in [0.05, 0.1) is 0 Å². The molecule has 1 fully saturated rings. The number of carbonyl (C=O) groups is 1. The number of aryl methyl sites for hydroxylation is 1. The highest BCUT2D eigenvalue weighted by Gasteiger charge is 2.23. The van der Waals surface area contributed by atoms with Crippen LogP contribution in [-0.4, -0.2) is 37.1 Å². The maximum Gasteiger partial charge on any atom is 0.322 e. The summed E-state index contributed by atoms with van der Waals surface area (Å²) in [6.45, 7) is 4.38. The molecule has 2 aromatic rings. The number of hydrogen-bond donors (Lipinski definition) is 1. The second-order valence-corrected chi connectivity index (χ2v) is 5.84. The van der Waals surface area contributed by atoms with Crippen molar-refractivity contribution in [3.8, 4) is 0 Å². The summed E-state index contributed by atoms with van der Waals surface area (Å²) in [4.78, 5) is 16.0. The van der Waals surface area contributed by atoms with Gasteiger partial charge < -0.3 is 15.1 Å². The fraction of sp³-hybridized carbons (Fsp3) is 0.278. The van der Waals surface area contributed by atoms with Crippen molar-refractivity contribution in [3.05, 3.63) is 59.7 Å². The molecule has 1 saturated heterocycles. The Kier molecular flexibility index (Phi) is 4.64. The monoisotopic (exact) mass is 331 g/mol. The van der Waals surface area contributed by atoms with E-state index in [2.05, 4.69) is 16.3 Å². The van der Waals surface area contributed by atoms with Gasteiger partial charge in [0, 0.05) is 31.9 Å². The lowest BCUT2D eigenvalue weighted by molar-refractivity contribution is 0.208. The van der Waals surface area contributed by atoms with Crippen molar-refractivity contribution in [2.24, 2.45) is 0 Å². The molecule has 2 aromatic carbocycles. The topological polar surface area (TPSA) is 35.6 Å². The van der Waals surface area contributed by atoms with E-state index in [9.17, 15) is 13.6 Å². The number of para-hydroxylation sites is 1. The molecule has 0 aromatic heterocycles. The van der Waals surface area contributed by atoms with Gasteiger partial charge in [-0.2, -0.15) is 0 Å². The van der Waals surface area contributed by atoms with Gasteiger partial charge in [-0.1, -0.05) is 18.2 Å². The largest absolute Gasteiger partial charge is 0.368 e. The van der Waals surface area contributed by atoms with Crippen LogP contribution < -0.4 is 10.2 Å². The first-order valence-electron chi connectivity index (χ1n) is 7.86. The Morgan fingerprint density at radius 1 is 1.00 bits per heavy atom. The lowest BCUT2D eigenvalue weighted by atomic mass is 10.2. The van der Waals surface area contributed by atoms with E-state index < -0.39 is 23.4 Å². The summed E-state index contributed by atoms with van der Waals surface area (Å²) in [7, 11) is 0. The lowest BCUT2D eigenvalue weighted by Gasteiger charge is -2.36. The van der Waals surface area contributed by atoms with Crippen LogP contribution in [0.2, 0.25) is 0 Å². The van der Waals surface area contributed by atoms with Gasteiger partial charge in [0.15, 0.2) is 0 Å². The summed E-state index contributed by atoms with van der Waals surface area (Å²) in [5.41, 5.74) is 1.90. The minimum absolute atomic E-state index is 0.399. The molecule has 3 rings (SSSR count). The first kappa shape index (κ1) is 16.2. The van der Waals surface area contributed by atoms with E-state index in [0.717, 1.165) is 17.8 Å². The van der Waals surface area contributed by atoms with Crippen molar-refractivity contribution in [2.45, 2.75) is 6.92 Å². The van der Waals surface area contributed by atoms with Crippen molar-refractivity contribution in [2.75, 3.05) is 36.4 Å². The van der Waals surface area contributed by atoms with Crippen LogP contribution >= 0.6 is 0 Å². The molecule has 6 heteroatoms. The number of amides is 2. The number of nitrogens with one attached hydrogen (secondary N) is 1. The average molecular weight is 331 g/mol. The van der Waals surface area contributed by atoms with Gasteiger partial charge in [-0.25, -0.2) is 13.6 Å². The van der Waals surface area contributed by atoms with Gasteiger partial charge in [0.1, 0.15) is 17.3 Å². The standard InChI is InChI=1S/C18H19F2N3O/c1-13-4-2-5-14(12-13)22-8-10-23(11-9-22)18(24)21-17-15(19)6-3-7-16(17)20/h2-7,12H,8-11H2,1H3,(H,21,24). The number of halogens is 2. The van der Waals surface area contributed by atoms with E-state index in [0.29, 0.717) is 26.2 Å². The molecule has 126 valence electrons. The minimum atomic E-state index is -0.776. The summed E-state index contributed by atoms with van der Waals surface area (Å²) in [6.07, 6.45) is 0. The van der Waals surface area contributed by atoms with E-state index in [-0.39, 0.29) is 0 Å². The second kappa shape index (κ2) is 6.86.